The third kappa shape index (κ3) is 5.00. The Morgan fingerprint density at radius 2 is 1.59 bits per heavy atom. The molecule has 1 fully saturated rings. The monoisotopic (exact) mass is 368 g/mol. The second-order valence-corrected chi connectivity index (χ2v) is 6.98. The van der Waals surface area contributed by atoms with E-state index in [0.29, 0.717) is 37.4 Å². The maximum atomic E-state index is 12.3. The number of amides is 2. The first-order chi connectivity index (χ1) is 12.9. The number of hydrogen-bond donors (Lipinski definition) is 2. The molecule has 1 heterocycles. The van der Waals surface area contributed by atoms with Gasteiger partial charge in [0.05, 0.1) is 5.92 Å². The molecule has 2 N–H and O–H groups in total. The van der Waals surface area contributed by atoms with Crippen molar-refractivity contribution in [2.75, 3.05) is 18.4 Å². The van der Waals surface area contributed by atoms with Crippen molar-refractivity contribution in [1.29, 1.82) is 0 Å². The van der Waals surface area contributed by atoms with Crippen molar-refractivity contribution in [2.24, 2.45) is 5.92 Å². The summed E-state index contributed by atoms with van der Waals surface area (Å²) in [5.41, 5.74) is 2.95. The summed E-state index contributed by atoms with van der Waals surface area (Å²) < 4.78 is 5.87. The predicted octanol–water partition coefficient (Wildman–Crippen LogP) is 4.42. The van der Waals surface area contributed by atoms with Crippen LogP contribution in [0, 0.1) is 19.8 Å². The number of carboxylic acid groups (broad SMARTS) is 1. The van der Waals surface area contributed by atoms with E-state index in [4.69, 9.17) is 9.84 Å². The van der Waals surface area contributed by atoms with Gasteiger partial charge in [-0.3, -0.25) is 4.79 Å². The molecule has 1 aliphatic rings. The Bertz CT molecular complexity index is 804. The zero-order valence-electron chi connectivity index (χ0n) is 15.6. The minimum atomic E-state index is -0.783. The van der Waals surface area contributed by atoms with Gasteiger partial charge in [0.25, 0.3) is 0 Å². The largest absolute Gasteiger partial charge is 0.481 e. The van der Waals surface area contributed by atoms with Crippen molar-refractivity contribution in [3.05, 3.63) is 53.6 Å². The number of urea groups is 1. The van der Waals surface area contributed by atoms with Gasteiger partial charge in [0.2, 0.25) is 0 Å². The Labute approximate surface area is 158 Å². The maximum absolute atomic E-state index is 12.3. The summed E-state index contributed by atoms with van der Waals surface area (Å²) in [6.45, 7) is 4.96. The molecule has 0 radical (unpaired) electrons. The van der Waals surface area contributed by atoms with E-state index in [1.165, 1.54) is 0 Å². The Hall–Kier alpha value is -3.02. The van der Waals surface area contributed by atoms with E-state index < -0.39 is 5.97 Å². The van der Waals surface area contributed by atoms with Gasteiger partial charge in [-0.2, -0.15) is 0 Å². The number of nitrogens with zero attached hydrogens (tertiary/aromatic N) is 1. The third-order valence-electron chi connectivity index (χ3n) is 4.67. The number of aliphatic carboxylic acids is 1. The average Bonchev–Trinajstić information content (AvgIpc) is 2.62. The molecule has 2 aromatic carbocycles. The van der Waals surface area contributed by atoms with Gasteiger partial charge in [0, 0.05) is 18.8 Å². The van der Waals surface area contributed by atoms with Gasteiger partial charge in [-0.25, -0.2) is 4.79 Å². The normalized spacial score (nSPS) is 14.7. The van der Waals surface area contributed by atoms with Crippen LogP contribution in [0.15, 0.2) is 42.5 Å². The van der Waals surface area contributed by atoms with Crippen LogP contribution < -0.4 is 10.1 Å². The lowest BCUT2D eigenvalue weighted by Gasteiger charge is -2.30. The summed E-state index contributed by atoms with van der Waals surface area (Å²) in [5, 5.41) is 11.9. The van der Waals surface area contributed by atoms with Gasteiger partial charge >= 0.3 is 12.0 Å². The molecule has 0 bridgehead atoms. The fourth-order valence-corrected chi connectivity index (χ4v) is 3.27. The van der Waals surface area contributed by atoms with Crippen molar-refractivity contribution in [1.82, 2.24) is 4.90 Å². The van der Waals surface area contributed by atoms with Crippen LogP contribution in [0.2, 0.25) is 0 Å². The number of rotatable bonds is 4. The number of carbonyl (C=O) groups is 2. The fourth-order valence-electron chi connectivity index (χ4n) is 3.27. The zero-order valence-corrected chi connectivity index (χ0v) is 15.6. The molecule has 0 spiro atoms. The van der Waals surface area contributed by atoms with Crippen LogP contribution >= 0.6 is 0 Å². The number of nitrogens with one attached hydrogen (secondary N) is 1. The van der Waals surface area contributed by atoms with Gasteiger partial charge in [-0.15, -0.1) is 0 Å². The first kappa shape index (κ1) is 18.8. The molecule has 6 heteroatoms. The van der Waals surface area contributed by atoms with Gasteiger partial charge in [-0.1, -0.05) is 6.07 Å². The van der Waals surface area contributed by atoms with Gasteiger partial charge in [0.15, 0.2) is 0 Å². The Kier molecular flexibility index (Phi) is 5.64. The average molecular weight is 368 g/mol. The van der Waals surface area contributed by atoms with Crippen LogP contribution in [0.25, 0.3) is 0 Å². The lowest BCUT2D eigenvalue weighted by atomic mass is 9.97. The molecule has 0 aromatic heterocycles. The summed E-state index contributed by atoms with van der Waals surface area (Å²) in [6, 6.07) is 13.0. The quantitative estimate of drug-likeness (QED) is 0.837. The third-order valence-corrected chi connectivity index (χ3v) is 4.67. The van der Waals surface area contributed by atoms with Gasteiger partial charge < -0.3 is 20.1 Å². The van der Waals surface area contributed by atoms with Crippen LogP contribution in [-0.2, 0) is 4.79 Å². The van der Waals surface area contributed by atoms with Gasteiger partial charge in [0.1, 0.15) is 11.5 Å². The molecule has 27 heavy (non-hydrogen) atoms. The summed E-state index contributed by atoms with van der Waals surface area (Å²) in [4.78, 5) is 25.0. The number of carbonyl (C=O) groups excluding carboxylic acids is 1. The van der Waals surface area contributed by atoms with Crippen LogP contribution in [0.3, 0.4) is 0 Å². The minimum Gasteiger partial charge on any atom is -0.481 e. The minimum absolute atomic E-state index is 0.207. The molecule has 0 saturated carbocycles. The second kappa shape index (κ2) is 8.12. The SMILES string of the molecule is Cc1cc(C)cc(Oc2ccc(NC(=O)N3CCC(C(=O)O)CC3)cc2)c1. The first-order valence-electron chi connectivity index (χ1n) is 9.05. The number of carboxylic acids is 1. The summed E-state index contributed by atoms with van der Waals surface area (Å²) in [5.74, 6) is 0.344. The molecule has 2 amide bonds. The smallest absolute Gasteiger partial charge is 0.321 e. The molecular formula is C21H24N2O4. The molecular weight excluding hydrogens is 344 g/mol. The summed E-state index contributed by atoms with van der Waals surface area (Å²) in [7, 11) is 0. The fraction of sp³-hybridized carbons (Fsp3) is 0.333. The second-order valence-electron chi connectivity index (χ2n) is 6.98. The molecule has 142 valence electrons. The van der Waals surface area contributed by atoms with E-state index in [9.17, 15) is 9.59 Å². The summed E-state index contributed by atoms with van der Waals surface area (Å²) >= 11 is 0. The van der Waals surface area contributed by atoms with E-state index in [1.807, 2.05) is 38.1 Å². The number of likely N-dealkylation sites (tertiary alicyclic amines) is 1. The number of aryl methyl sites for hydroxylation is 2. The molecule has 1 saturated heterocycles. The lowest BCUT2D eigenvalue weighted by molar-refractivity contribution is -0.143. The predicted molar refractivity (Wildman–Crippen MR) is 103 cm³/mol. The lowest BCUT2D eigenvalue weighted by Crippen LogP contribution is -2.42. The van der Waals surface area contributed by atoms with Crippen LogP contribution in [-0.4, -0.2) is 35.1 Å². The Balaban J connectivity index is 1.56. The van der Waals surface area contributed by atoms with Crippen LogP contribution in [0.1, 0.15) is 24.0 Å². The van der Waals surface area contributed by atoms with Crippen molar-refractivity contribution in [2.45, 2.75) is 26.7 Å². The summed E-state index contributed by atoms with van der Waals surface area (Å²) in [6.07, 6.45) is 0.983. The van der Waals surface area contributed by atoms with Crippen LogP contribution in [0.4, 0.5) is 10.5 Å². The van der Waals surface area contributed by atoms with Crippen LogP contribution in [0.5, 0.6) is 11.5 Å². The van der Waals surface area contributed by atoms with E-state index in [0.717, 1.165) is 16.9 Å². The standard InChI is InChI=1S/C21H24N2O4/c1-14-11-15(2)13-19(12-14)27-18-5-3-17(4-6-18)22-21(26)23-9-7-16(8-10-23)20(24)25/h3-6,11-13,16H,7-10H2,1-2H3,(H,22,26)(H,24,25). The number of benzene rings is 2. The molecule has 0 aliphatic carbocycles. The van der Waals surface area contributed by atoms with E-state index in [2.05, 4.69) is 11.4 Å². The maximum Gasteiger partial charge on any atom is 0.321 e. The molecule has 3 rings (SSSR count). The van der Waals surface area contributed by atoms with E-state index in [1.54, 1.807) is 17.0 Å². The van der Waals surface area contributed by atoms with Crippen molar-refractivity contribution in [3.8, 4) is 11.5 Å². The molecule has 2 aromatic rings. The Morgan fingerprint density at radius 1 is 1.00 bits per heavy atom. The molecule has 6 nitrogen and oxygen atoms in total. The topological polar surface area (TPSA) is 78.9 Å². The Morgan fingerprint density at radius 3 is 2.15 bits per heavy atom. The molecule has 1 aliphatic heterocycles. The van der Waals surface area contributed by atoms with E-state index >= 15 is 0 Å². The highest BCUT2D eigenvalue weighted by Crippen LogP contribution is 2.25. The highest BCUT2D eigenvalue weighted by molar-refractivity contribution is 5.89. The van der Waals surface area contributed by atoms with Crippen molar-refractivity contribution < 1.29 is 19.4 Å². The molecule has 0 unspecified atom stereocenters. The number of hydrogen-bond acceptors (Lipinski definition) is 3. The molecule has 0 atom stereocenters. The zero-order chi connectivity index (χ0) is 19.4. The highest BCUT2D eigenvalue weighted by Gasteiger charge is 2.26. The highest BCUT2D eigenvalue weighted by atomic mass is 16.5. The van der Waals surface area contributed by atoms with Crippen molar-refractivity contribution in [3.63, 3.8) is 0 Å². The number of anilines is 1. The number of piperidine rings is 1. The van der Waals surface area contributed by atoms with E-state index in [-0.39, 0.29) is 11.9 Å². The first-order valence-corrected chi connectivity index (χ1v) is 9.05. The van der Waals surface area contributed by atoms with Gasteiger partial charge in [-0.05, 0) is 74.2 Å². The number of ether oxygens (including phenoxy) is 1. The van der Waals surface area contributed by atoms with Crippen molar-refractivity contribution >= 4 is 17.7 Å².